The number of methoxy groups -OCH3 is 1. The van der Waals surface area contributed by atoms with E-state index >= 15 is 0 Å². The van der Waals surface area contributed by atoms with E-state index in [4.69, 9.17) is 9.47 Å². The molecule has 150 valence electrons. The van der Waals surface area contributed by atoms with E-state index in [9.17, 15) is 14.9 Å². The summed E-state index contributed by atoms with van der Waals surface area (Å²) in [5.41, 5.74) is 0.950. The second kappa shape index (κ2) is 9.11. The fourth-order valence-electron chi connectivity index (χ4n) is 2.51. The molecule has 0 saturated heterocycles. The number of carbonyl (C=O) groups is 1. The lowest BCUT2D eigenvalue weighted by molar-refractivity contribution is -0.385. The van der Waals surface area contributed by atoms with E-state index in [1.807, 2.05) is 31.2 Å². The highest BCUT2D eigenvalue weighted by Crippen LogP contribution is 2.28. The predicted molar refractivity (Wildman–Crippen MR) is 108 cm³/mol. The van der Waals surface area contributed by atoms with Gasteiger partial charge in [-0.2, -0.15) is 0 Å². The van der Waals surface area contributed by atoms with Crippen molar-refractivity contribution in [1.82, 2.24) is 10.2 Å². The van der Waals surface area contributed by atoms with Crippen molar-refractivity contribution in [3.63, 3.8) is 0 Å². The van der Waals surface area contributed by atoms with Crippen LogP contribution in [0.15, 0.2) is 42.5 Å². The molecule has 0 radical (unpaired) electrons. The van der Waals surface area contributed by atoms with Crippen LogP contribution in [0.2, 0.25) is 0 Å². The van der Waals surface area contributed by atoms with Crippen LogP contribution in [0.1, 0.15) is 20.9 Å². The third-order valence-electron chi connectivity index (χ3n) is 3.90. The first-order valence-corrected chi connectivity index (χ1v) is 9.43. The van der Waals surface area contributed by atoms with E-state index in [1.165, 1.54) is 30.6 Å². The van der Waals surface area contributed by atoms with Crippen LogP contribution in [0, 0.1) is 17.0 Å². The lowest BCUT2D eigenvalue weighted by Gasteiger charge is -2.05. The van der Waals surface area contributed by atoms with Crippen molar-refractivity contribution in [3.05, 3.63) is 68.7 Å². The number of nitro benzene ring substituents is 1. The Morgan fingerprint density at radius 3 is 2.79 bits per heavy atom. The monoisotopic (exact) mass is 414 g/mol. The van der Waals surface area contributed by atoms with E-state index in [2.05, 4.69) is 15.5 Å². The standard InChI is InChI=1S/C19H18N4O5S/c1-12-4-3-5-14(10-12)28-9-8-17-21-22-19(29-17)20-18(24)13-6-7-16(27-2)15(11-13)23(25)26/h3-7,10-11H,8-9H2,1-2H3,(H,20,22,24). The zero-order valence-corrected chi connectivity index (χ0v) is 16.6. The highest BCUT2D eigenvalue weighted by Gasteiger charge is 2.19. The molecule has 0 unspecified atom stereocenters. The van der Waals surface area contributed by atoms with Gasteiger partial charge in [-0.05, 0) is 36.8 Å². The van der Waals surface area contributed by atoms with Gasteiger partial charge in [-0.25, -0.2) is 0 Å². The van der Waals surface area contributed by atoms with E-state index < -0.39 is 10.8 Å². The summed E-state index contributed by atoms with van der Waals surface area (Å²) in [5.74, 6) is 0.344. The number of anilines is 1. The van der Waals surface area contributed by atoms with Crippen molar-refractivity contribution in [2.24, 2.45) is 0 Å². The SMILES string of the molecule is COc1ccc(C(=O)Nc2nnc(CCOc3cccc(C)c3)s2)cc1[N+](=O)[O-]. The van der Waals surface area contributed by atoms with Gasteiger partial charge in [0.25, 0.3) is 5.91 Å². The number of hydrogen-bond donors (Lipinski definition) is 1. The first-order chi connectivity index (χ1) is 14.0. The van der Waals surface area contributed by atoms with Gasteiger partial charge in [0.2, 0.25) is 5.13 Å². The first-order valence-electron chi connectivity index (χ1n) is 8.62. The molecular weight excluding hydrogens is 396 g/mol. The first kappa shape index (κ1) is 20.2. The van der Waals surface area contributed by atoms with Crippen LogP contribution in [-0.2, 0) is 6.42 Å². The van der Waals surface area contributed by atoms with Gasteiger partial charge in [0.05, 0.1) is 18.6 Å². The Hall–Kier alpha value is -3.53. The Morgan fingerprint density at radius 2 is 2.07 bits per heavy atom. The predicted octanol–water partition coefficient (Wildman–Crippen LogP) is 3.64. The van der Waals surface area contributed by atoms with Gasteiger partial charge < -0.3 is 9.47 Å². The quantitative estimate of drug-likeness (QED) is 0.442. The van der Waals surface area contributed by atoms with Crippen LogP contribution in [0.5, 0.6) is 11.5 Å². The number of benzene rings is 2. The van der Waals surface area contributed by atoms with Crippen LogP contribution >= 0.6 is 11.3 Å². The summed E-state index contributed by atoms with van der Waals surface area (Å²) in [6, 6.07) is 11.7. The maximum Gasteiger partial charge on any atom is 0.311 e. The number of hydrogen-bond acceptors (Lipinski definition) is 8. The van der Waals surface area contributed by atoms with E-state index in [1.54, 1.807) is 0 Å². The molecule has 10 heteroatoms. The maximum absolute atomic E-state index is 12.4. The van der Waals surface area contributed by atoms with Gasteiger partial charge in [0.15, 0.2) is 5.75 Å². The molecule has 3 aromatic rings. The molecule has 3 rings (SSSR count). The average molecular weight is 414 g/mol. The second-order valence-corrected chi connectivity index (χ2v) is 7.08. The molecule has 1 heterocycles. The van der Waals surface area contributed by atoms with E-state index in [0.717, 1.165) is 17.4 Å². The van der Waals surface area contributed by atoms with Crippen LogP contribution < -0.4 is 14.8 Å². The molecule has 29 heavy (non-hydrogen) atoms. The number of aryl methyl sites for hydroxylation is 1. The number of aromatic nitrogens is 2. The van der Waals surface area contributed by atoms with Crippen LogP contribution in [0.25, 0.3) is 0 Å². The molecule has 2 aromatic carbocycles. The molecule has 0 bridgehead atoms. The molecule has 0 aliphatic rings. The molecule has 0 atom stereocenters. The van der Waals surface area contributed by atoms with Crippen molar-refractivity contribution < 1.29 is 19.2 Å². The normalized spacial score (nSPS) is 10.4. The van der Waals surface area contributed by atoms with Gasteiger partial charge in [-0.3, -0.25) is 20.2 Å². The van der Waals surface area contributed by atoms with E-state index in [0.29, 0.717) is 23.2 Å². The number of nitrogens with one attached hydrogen (secondary N) is 1. The van der Waals surface area contributed by atoms with Crippen LogP contribution in [-0.4, -0.2) is 34.7 Å². The van der Waals surface area contributed by atoms with Crippen molar-refractivity contribution >= 4 is 28.1 Å². The second-order valence-electron chi connectivity index (χ2n) is 6.01. The molecule has 0 aliphatic carbocycles. The molecule has 9 nitrogen and oxygen atoms in total. The van der Waals surface area contributed by atoms with Gasteiger partial charge in [0, 0.05) is 18.1 Å². The number of rotatable bonds is 8. The summed E-state index contributed by atoms with van der Waals surface area (Å²) in [6.45, 7) is 2.42. The Morgan fingerprint density at radius 1 is 1.24 bits per heavy atom. The lowest BCUT2D eigenvalue weighted by Crippen LogP contribution is -2.12. The van der Waals surface area contributed by atoms with E-state index in [-0.39, 0.29) is 17.0 Å². The fourth-order valence-corrected chi connectivity index (χ4v) is 3.23. The Balaban J connectivity index is 1.59. The molecule has 1 amide bonds. The number of carbonyl (C=O) groups excluding carboxylic acids is 1. The minimum atomic E-state index is -0.604. The summed E-state index contributed by atoms with van der Waals surface area (Å²) in [5, 5.41) is 22.7. The third kappa shape index (κ3) is 5.26. The minimum absolute atomic E-state index is 0.0818. The maximum atomic E-state index is 12.4. The Bertz CT molecular complexity index is 1040. The molecular formula is C19H18N4O5S. The lowest BCUT2D eigenvalue weighted by atomic mass is 10.2. The number of nitrogens with zero attached hydrogens (tertiary/aromatic N) is 3. The number of amides is 1. The largest absolute Gasteiger partial charge is 0.493 e. The molecule has 0 saturated carbocycles. The third-order valence-corrected chi connectivity index (χ3v) is 4.80. The van der Waals surface area contributed by atoms with Crippen molar-refractivity contribution in [1.29, 1.82) is 0 Å². The zero-order valence-electron chi connectivity index (χ0n) is 15.7. The topological polar surface area (TPSA) is 116 Å². The van der Waals surface area contributed by atoms with Gasteiger partial charge in [-0.1, -0.05) is 23.5 Å². The Kier molecular flexibility index (Phi) is 6.35. The fraction of sp³-hybridized carbons (Fsp3) is 0.211. The van der Waals surface area contributed by atoms with Gasteiger partial charge in [0.1, 0.15) is 10.8 Å². The summed E-state index contributed by atoms with van der Waals surface area (Å²) >= 11 is 1.22. The number of nitro groups is 1. The summed E-state index contributed by atoms with van der Waals surface area (Å²) < 4.78 is 10.6. The molecule has 0 fully saturated rings. The molecule has 0 aliphatic heterocycles. The smallest absolute Gasteiger partial charge is 0.311 e. The zero-order chi connectivity index (χ0) is 20.8. The highest BCUT2D eigenvalue weighted by molar-refractivity contribution is 7.15. The molecule has 1 N–H and O–H groups in total. The summed E-state index contributed by atoms with van der Waals surface area (Å²) in [7, 11) is 1.33. The van der Waals surface area contributed by atoms with Crippen molar-refractivity contribution in [2.75, 3.05) is 19.0 Å². The van der Waals surface area contributed by atoms with Crippen molar-refractivity contribution in [2.45, 2.75) is 13.3 Å². The molecule has 1 aromatic heterocycles. The van der Waals surface area contributed by atoms with Gasteiger partial charge >= 0.3 is 5.69 Å². The highest BCUT2D eigenvalue weighted by atomic mass is 32.1. The van der Waals surface area contributed by atoms with Gasteiger partial charge in [-0.15, -0.1) is 10.2 Å². The number of ether oxygens (including phenoxy) is 2. The van der Waals surface area contributed by atoms with Crippen LogP contribution in [0.4, 0.5) is 10.8 Å². The van der Waals surface area contributed by atoms with Crippen LogP contribution in [0.3, 0.4) is 0 Å². The minimum Gasteiger partial charge on any atom is -0.493 e. The summed E-state index contributed by atoms with van der Waals surface area (Å²) in [6.07, 6.45) is 0.537. The summed E-state index contributed by atoms with van der Waals surface area (Å²) in [4.78, 5) is 22.9. The van der Waals surface area contributed by atoms with Crippen molar-refractivity contribution in [3.8, 4) is 11.5 Å². The Labute approximate surface area is 170 Å². The molecule has 0 spiro atoms. The average Bonchev–Trinajstić information content (AvgIpc) is 3.14.